The molecule has 0 saturated carbocycles. The van der Waals surface area contributed by atoms with Crippen molar-refractivity contribution in [2.24, 2.45) is 5.73 Å². The molecule has 1 heterocycles. The first-order valence-corrected chi connectivity index (χ1v) is 5.00. The molecule has 1 unspecified atom stereocenters. The molecule has 0 saturated heterocycles. The van der Waals surface area contributed by atoms with E-state index in [9.17, 15) is 0 Å². The van der Waals surface area contributed by atoms with Crippen molar-refractivity contribution < 1.29 is 9.47 Å². The van der Waals surface area contributed by atoms with Crippen LogP contribution in [0, 0.1) is 0 Å². The second-order valence-corrected chi connectivity index (χ2v) is 3.85. The van der Waals surface area contributed by atoms with Gasteiger partial charge < -0.3 is 15.2 Å². The van der Waals surface area contributed by atoms with E-state index in [0.717, 1.165) is 4.88 Å². The molecule has 0 aliphatic rings. The molecule has 1 atom stereocenters. The van der Waals surface area contributed by atoms with Crippen molar-refractivity contribution in [2.75, 3.05) is 14.2 Å². The maximum absolute atomic E-state index is 5.91. The molecule has 0 spiro atoms. The van der Waals surface area contributed by atoms with Gasteiger partial charge in [-0.05, 0) is 11.4 Å². The van der Waals surface area contributed by atoms with E-state index in [0.29, 0.717) is 5.02 Å². The van der Waals surface area contributed by atoms with Crippen molar-refractivity contribution in [3.8, 4) is 0 Å². The van der Waals surface area contributed by atoms with Crippen LogP contribution in [-0.4, -0.2) is 20.5 Å². The van der Waals surface area contributed by atoms with E-state index < -0.39 is 6.29 Å². The van der Waals surface area contributed by atoms with E-state index in [-0.39, 0.29) is 6.04 Å². The zero-order valence-corrected chi connectivity index (χ0v) is 9.06. The van der Waals surface area contributed by atoms with E-state index in [1.54, 1.807) is 14.2 Å². The molecule has 1 aromatic rings. The Kier molecular flexibility index (Phi) is 4.15. The summed E-state index contributed by atoms with van der Waals surface area (Å²) >= 11 is 7.41. The molecule has 0 amide bonds. The molecule has 5 heteroatoms. The molecule has 3 nitrogen and oxygen atoms in total. The Morgan fingerprint density at radius 1 is 1.46 bits per heavy atom. The Bertz CT molecular complexity index is 262. The number of hydrogen-bond donors (Lipinski definition) is 1. The zero-order chi connectivity index (χ0) is 9.84. The van der Waals surface area contributed by atoms with Gasteiger partial charge in [0.1, 0.15) is 0 Å². The predicted molar refractivity (Wildman–Crippen MR) is 54.1 cm³/mol. The Labute approximate surface area is 86.4 Å². The lowest BCUT2D eigenvalue weighted by molar-refractivity contribution is -0.116. The molecule has 2 N–H and O–H groups in total. The minimum atomic E-state index is -0.448. The van der Waals surface area contributed by atoms with Crippen LogP contribution in [0.2, 0.25) is 5.02 Å². The second-order valence-electron chi connectivity index (χ2n) is 2.50. The molecule has 1 aromatic heterocycles. The zero-order valence-electron chi connectivity index (χ0n) is 7.49. The minimum Gasteiger partial charge on any atom is -0.354 e. The molecular formula is C8H12ClNO2S. The van der Waals surface area contributed by atoms with Gasteiger partial charge in [0.15, 0.2) is 6.29 Å². The number of ether oxygens (including phenoxy) is 2. The van der Waals surface area contributed by atoms with Crippen molar-refractivity contribution in [2.45, 2.75) is 12.3 Å². The number of methoxy groups -OCH3 is 2. The van der Waals surface area contributed by atoms with E-state index in [2.05, 4.69) is 0 Å². The molecule has 0 aliphatic carbocycles. The topological polar surface area (TPSA) is 44.5 Å². The molecule has 0 radical (unpaired) electrons. The van der Waals surface area contributed by atoms with Crippen LogP contribution in [0.25, 0.3) is 0 Å². The van der Waals surface area contributed by atoms with Crippen LogP contribution < -0.4 is 5.73 Å². The molecule has 13 heavy (non-hydrogen) atoms. The first-order valence-electron chi connectivity index (χ1n) is 3.74. The third kappa shape index (κ3) is 2.42. The average molecular weight is 222 g/mol. The lowest BCUT2D eigenvalue weighted by Crippen LogP contribution is -2.29. The lowest BCUT2D eigenvalue weighted by atomic mass is 10.2. The second kappa shape index (κ2) is 4.93. The first-order chi connectivity index (χ1) is 6.20. The highest BCUT2D eigenvalue weighted by molar-refractivity contribution is 7.10. The van der Waals surface area contributed by atoms with Gasteiger partial charge in [0, 0.05) is 19.1 Å². The highest BCUT2D eigenvalue weighted by atomic mass is 35.5. The van der Waals surface area contributed by atoms with E-state index in [1.165, 1.54) is 11.3 Å². The summed E-state index contributed by atoms with van der Waals surface area (Å²) in [6.45, 7) is 0. The molecular weight excluding hydrogens is 210 g/mol. The summed E-state index contributed by atoms with van der Waals surface area (Å²) in [4.78, 5) is 0.885. The van der Waals surface area contributed by atoms with Gasteiger partial charge in [0.2, 0.25) is 0 Å². The summed E-state index contributed by atoms with van der Waals surface area (Å²) in [6.07, 6.45) is -0.448. The molecule has 1 rings (SSSR count). The SMILES string of the molecule is COC(OC)C(N)c1sccc1Cl. The van der Waals surface area contributed by atoms with Crippen molar-refractivity contribution >= 4 is 22.9 Å². The molecule has 0 bridgehead atoms. The Morgan fingerprint density at radius 3 is 2.46 bits per heavy atom. The number of hydrogen-bond acceptors (Lipinski definition) is 4. The van der Waals surface area contributed by atoms with Gasteiger partial charge in [-0.2, -0.15) is 0 Å². The highest BCUT2D eigenvalue weighted by Crippen LogP contribution is 2.29. The maximum atomic E-state index is 5.91. The Balaban J connectivity index is 2.77. The number of rotatable bonds is 4. The number of halogens is 1. The largest absolute Gasteiger partial charge is 0.354 e. The Hall–Kier alpha value is -0.130. The molecule has 0 aliphatic heterocycles. The van der Waals surface area contributed by atoms with Gasteiger partial charge in [-0.15, -0.1) is 11.3 Å². The summed E-state index contributed by atoms with van der Waals surface area (Å²) < 4.78 is 10.1. The molecule has 0 fully saturated rings. The third-order valence-corrected chi connectivity index (χ3v) is 3.17. The molecule has 74 valence electrons. The van der Waals surface area contributed by atoms with Crippen LogP contribution in [0.4, 0.5) is 0 Å². The normalized spacial score (nSPS) is 13.6. The monoisotopic (exact) mass is 221 g/mol. The van der Waals surface area contributed by atoms with Gasteiger partial charge in [0.05, 0.1) is 11.1 Å². The summed E-state index contributed by atoms with van der Waals surface area (Å²) in [7, 11) is 3.10. The highest BCUT2D eigenvalue weighted by Gasteiger charge is 2.21. The lowest BCUT2D eigenvalue weighted by Gasteiger charge is -2.20. The van der Waals surface area contributed by atoms with Gasteiger partial charge in [-0.3, -0.25) is 0 Å². The summed E-state index contributed by atoms with van der Waals surface area (Å²) in [5, 5.41) is 2.55. The van der Waals surface area contributed by atoms with Crippen LogP contribution in [0.5, 0.6) is 0 Å². The van der Waals surface area contributed by atoms with Crippen LogP contribution in [0.3, 0.4) is 0 Å². The average Bonchev–Trinajstić information content (AvgIpc) is 2.53. The fourth-order valence-electron chi connectivity index (χ4n) is 1.06. The van der Waals surface area contributed by atoms with Gasteiger partial charge in [-0.1, -0.05) is 11.6 Å². The van der Waals surface area contributed by atoms with Gasteiger partial charge in [0.25, 0.3) is 0 Å². The molecule has 0 aromatic carbocycles. The quantitative estimate of drug-likeness (QED) is 0.792. The summed E-state index contributed by atoms with van der Waals surface area (Å²) in [6, 6.07) is 1.48. The number of nitrogens with two attached hydrogens (primary N) is 1. The van der Waals surface area contributed by atoms with Crippen molar-refractivity contribution in [1.29, 1.82) is 0 Å². The summed E-state index contributed by atoms with van der Waals surface area (Å²) in [5.41, 5.74) is 5.88. The summed E-state index contributed by atoms with van der Waals surface area (Å²) in [5.74, 6) is 0. The maximum Gasteiger partial charge on any atom is 0.176 e. The van der Waals surface area contributed by atoms with Gasteiger partial charge >= 0.3 is 0 Å². The Morgan fingerprint density at radius 2 is 2.08 bits per heavy atom. The van der Waals surface area contributed by atoms with Crippen molar-refractivity contribution in [1.82, 2.24) is 0 Å². The standard InChI is InChI=1S/C8H12ClNO2S/c1-11-8(12-2)6(10)7-5(9)3-4-13-7/h3-4,6,8H,10H2,1-2H3. The van der Waals surface area contributed by atoms with Crippen LogP contribution in [-0.2, 0) is 9.47 Å². The first kappa shape index (κ1) is 10.9. The fraction of sp³-hybridized carbons (Fsp3) is 0.500. The van der Waals surface area contributed by atoms with Crippen LogP contribution in [0.15, 0.2) is 11.4 Å². The van der Waals surface area contributed by atoms with Crippen LogP contribution in [0.1, 0.15) is 10.9 Å². The third-order valence-electron chi connectivity index (χ3n) is 1.71. The van der Waals surface area contributed by atoms with Crippen molar-refractivity contribution in [3.05, 3.63) is 21.3 Å². The van der Waals surface area contributed by atoms with E-state index >= 15 is 0 Å². The van der Waals surface area contributed by atoms with E-state index in [1.807, 2.05) is 11.4 Å². The fourth-order valence-corrected chi connectivity index (χ4v) is 2.25. The van der Waals surface area contributed by atoms with Gasteiger partial charge in [-0.25, -0.2) is 0 Å². The smallest absolute Gasteiger partial charge is 0.176 e. The number of thiophene rings is 1. The van der Waals surface area contributed by atoms with Crippen LogP contribution >= 0.6 is 22.9 Å². The van der Waals surface area contributed by atoms with E-state index in [4.69, 9.17) is 26.8 Å². The van der Waals surface area contributed by atoms with Crippen molar-refractivity contribution in [3.63, 3.8) is 0 Å². The minimum absolute atomic E-state index is 0.331. The predicted octanol–water partition coefficient (Wildman–Crippen LogP) is 2.02.